The van der Waals surface area contributed by atoms with Gasteiger partial charge in [-0.2, -0.15) is 0 Å². The molecule has 2 atom stereocenters. The fourth-order valence-electron chi connectivity index (χ4n) is 3.03. The molecule has 1 aliphatic rings. The molecule has 0 saturated carbocycles. The molecule has 24 heavy (non-hydrogen) atoms. The molecule has 1 aromatic rings. The first-order valence-electron chi connectivity index (χ1n) is 8.55. The Morgan fingerprint density at radius 3 is 3.04 bits per heavy atom. The first kappa shape index (κ1) is 18.9. The Balaban J connectivity index is 1.86. The molecule has 0 aromatic carbocycles. The number of likely N-dealkylation sites (tertiary alicyclic amines) is 1. The number of ether oxygens (including phenoxy) is 1. The summed E-state index contributed by atoms with van der Waals surface area (Å²) in [6, 6.07) is 0. The fourth-order valence-corrected chi connectivity index (χ4v) is 3.86. The van der Waals surface area contributed by atoms with E-state index in [4.69, 9.17) is 9.84 Å². The zero-order valence-electron chi connectivity index (χ0n) is 14.4. The second-order valence-corrected chi connectivity index (χ2v) is 7.12. The van der Waals surface area contributed by atoms with Crippen LogP contribution in [0.5, 0.6) is 0 Å². The van der Waals surface area contributed by atoms with Crippen molar-refractivity contribution in [2.75, 3.05) is 19.7 Å². The predicted octanol–water partition coefficient (Wildman–Crippen LogP) is 2.89. The standard InChI is InChI=1S/C17H26N2O4S/c1-3-23-12(2)17-18-14(11-24-17)9-15(20)19-8-4-5-13(10-19)6-7-16(21)22/h11-13H,3-10H2,1-2H3,(H,21,22). The van der Waals surface area contributed by atoms with Gasteiger partial charge in [0.1, 0.15) is 11.1 Å². The Morgan fingerprint density at radius 1 is 1.54 bits per heavy atom. The molecule has 1 amide bonds. The highest BCUT2D eigenvalue weighted by molar-refractivity contribution is 7.09. The zero-order chi connectivity index (χ0) is 17.5. The van der Waals surface area contributed by atoms with Crippen LogP contribution in [0.1, 0.15) is 56.3 Å². The van der Waals surface area contributed by atoms with Crippen molar-refractivity contribution in [3.63, 3.8) is 0 Å². The predicted molar refractivity (Wildman–Crippen MR) is 92.0 cm³/mol. The summed E-state index contributed by atoms with van der Waals surface area (Å²) in [7, 11) is 0. The van der Waals surface area contributed by atoms with Gasteiger partial charge in [0, 0.05) is 31.5 Å². The molecule has 2 unspecified atom stereocenters. The molecule has 134 valence electrons. The first-order chi connectivity index (χ1) is 11.5. The highest BCUT2D eigenvalue weighted by Crippen LogP contribution is 2.24. The van der Waals surface area contributed by atoms with Crippen molar-refractivity contribution >= 4 is 23.2 Å². The van der Waals surface area contributed by atoms with E-state index in [1.54, 1.807) is 0 Å². The number of carbonyl (C=O) groups excluding carboxylic acids is 1. The normalized spacial score (nSPS) is 19.2. The Bertz CT molecular complexity index is 561. The number of amides is 1. The van der Waals surface area contributed by atoms with Gasteiger partial charge < -0.3 is 14.7 Å². The molecule has 0 radical (unpaired) electrons. The van der Waals surface area contributed by atoms with Crippen LogP contribution in [0.3, 0.4) is 0 Å². The maximum absolute atomic E-state index is 12.5. The smallest absolute Gasteiger partial charge is 0.303 e. The van der Waals surface area contributed by atoms with Crippen LogP contribution in [-0.4, -0.2) is 46.6 Å². The lowest BCUT2D eigenvalue weighted by atomic mass is 9.93. The minimum atomic E-state index is -0.767. The highest BCUT2D eigenvalue weighted by atomic mass is 32.1. The maximum atomic E-state index is 12.5. The van der Waals surface area contributed by atoms with Crippen molar-refractivity contribution < 1.29 is 19.4 Å². The van der Waals surface area contributed by atoms with Crippen molar-refractivity contribution in [3.8, 4) is 0 Å². The number of nitrogens with zero attached hydrogens (tertiary/aromatic N) is 2. The zero-order valence-corrected chi connectivity index (χ0v) is 15.2. The molecule has 1 fully saturated rings. The molecule has 7 heteroatoms. The molecule has 2 heterocycles. The Morgan fingerprint density at radius 2 is 2.33 bits per heavy atom. The van der Waals surface area contributed by atoms with Gasteiger partial charge in [-0.25, -0.2) is 4.98 Å². The van der Waals surface area contributed by atoms with Crippen LogP contribution in [0.25, 0.3) is 0 Å². The van der Waals surface area contributed by atoms with Crippen LogP contribution in [0.2, 0.25) is 0 Å². The van der Waals surface area contributed by atoms with E-state index in [0.29, 0.717) is 31.9 Å². The van der Waals surface area contributed by atoms with E-state index in [9.17, 15) is 9.59 Å². The van der Waals surface area contributed by atoms with Crippen molar-refractivity contribution in [2.45, 2.75) is 52.1 Å². The van der Waals surface area contributed by atoms with Gasteiger partial charge in [0.05, 0.1) is 12.1 Å². The third-order valence-corrected chi connectivity index (χ3v) is 5.36. The monoisotopic (exact) mass is 354 g/mol. The minimum Gasteiger partial charge on any atom is -0.481 e. The van der Waals surface area contributed by atoms with E-state index in [1.165, 1.54) is 11.3 Å². The van der Waals surface area contributed by atoms with E-state index in [2.05, 4.69) is 4.98 Å². The summed E-state index contributed by atoms with van der Waals surface area (Å²) >= 11 is 1.53. The highest BCUT2D eigenvalue weighted by Gasteiger charge is 2.24. The molecule has 1 saturated heterocycles. The molecular weight excluding hydrogens is 328 g/mol. The minimum absolute atomic E-state index is 0.0424. The van der Waals surface area contributed by atoms with Gasteiger partial charge in [0.25, 0.3) is 0 Å². The van der Waals surface area contributed by atoms with Gasteiger partial charge in [-0.1, -0.05) is 0 Å². The number of aromatic nitrogens is 1. The van der Waals surface area contributed by atoms with Crippen LogP contribution in [-0.2, 0) is 20.7 Å². The van der Waals surface area contributed by atoms with Crippen molar-refractivity contribution in [1.82, 2.24) is 9.88 Å². The number of hydrogen-bond acceptors (Lipinski definition) is 5. The molecule has 1 N–H and O–H groups in total. The SMILES string of the molecule is CCOC(C)c1nc(CC(=O)N2CCCC(CCC(=O)O)C2)cs1. The number of carboxylic acid groups (broad SMARTS) is 1. The Labute approximate surface area is 146 Å². The average Bonchev–Trinajstić information content (AvgIpc) is 3.02. The quantitative estimate of drug-likeness (QED) is 0.776. The number of piperidine rings is 1. The summed E-state index contributed by atoms with van der Waals surface area (Å²) in [6.07, 6.45) is 3.03. The summed E-state index contributed by atoms with van der Waals surface area (Å²) in [4.78, 5) is 29.6. The number of carboxylic acids is 1. The summed E-state index contributed by atoms with van der Waals surface area (Å²) in [5.74, 6) is -0.393. The van der Waals surface area contributed by atoms with E-state index in [-0.39, 0.29) is 18.4 Å². The molecule has 1 aliphatic heterocycles. The number of carbonyl (C=O) groups is 2. The summed E-state index contributed by atoms with van der Waals surface area (Å²) in [6.45, 7) is 5.98. The second kappa shape index (κ2) is 9.13. The van der Waals surface area contributed by atoms with Gasteiger partial charge in [-0.3, -0.25) is 9.59 Å². The largest absolute Gasteiger partial charge is 0.481 e. The fraction of sp³-hybridized carbons (Fsp3) is 0.706. The lowest BCUT2D eigenvalue weighted by Gasteiger charge is -2.32. The summed E-state index contributed by atoms with van der Waals surface area (Å²) in [5, 5.41) is 11.6. The number of aliphatic carboxylic acids is 1. The molecule has 1 aromatic heterocycles. The lowest BCUT2D eigenvalue weighted by molar-refractivity contribution is -0.137. The number of rotatable bonds is 8. The molecule has 0 aliphatic carbocycles. The van der Waals surface area contributed by atoms with E-state index >= 15 is 0 Å². The van der Waals surface area contributed by atoms with Gasteiger partial charge in [0.15, 0.2) is 0 Å². The topological polar surface area (TPSA) is 79.7 Å². The van der Waals surface area contributed by atoms with Crippen LogP contribution < -0.4 is 0 Å². The number of hydrogen-bond donors (Lipinski definition) is 1. The van der Waals surface area contributed by atoms with E-state index in [1.807, 2.05) is 24.1 Å². The van der Waals surface area contributed by atoms with E-state index < -0.39 is 5.97 Å². The number of thiazole rings is 1. The van der Waals surface area contributed by atoms with Crippen molar-refractivity contribution in [2.24, 2.45) is 5.92 Å². The lowest BCUT2D eigenvalue weighted by Crippen LogP contribution is -2.40. The first-order valence-corrected chi connectivity index (χ1v) is 9.43. The van der Waals surface area contributed by atoms with Gasteiger partial charge in [-0.05, 0) is 39.0 Å². The van der Waals surface area contributed by atoms with Gasteiger partial charge >= 0.3 is 5.97 Å². The third kappa shape index (κ3) is 5.56. The van der Waals surface area contributed by atoms with Crippen molar-refractivity contribution in [1.29, 1.82) is 0 Å². The maximum Gasteiger partial charge on any atom is 0.303 e. The van der Waals surface area contributed by atoms with Crippen LogP contribution >= 0.6 is 11.3 Å². The van der Waals surface area contributed by atoms with Crippen LogP contribution in [0.4, 0.5) is 0 Å². The summed E-state index contributed by atoms with van der Waals surface area (Å²) < 4.78 is 5.53. The molecular formula is C17H26N2O4S. The second-order valence-electron chi connectivity index (χ2n) is 6.23. The third-order valence-electron chi connectivity index (χ3n) is 4.30. The Hall–Kier alpha value is -1.47. The van der Waals surface area contributed by atoms with Crippen LogP contribution in [0, 0.1) is 5.92 Å². The van der Waals surface area contributed by atoms with Crippen molar-refractivity contribution in [3.05, 3.63) is 16.1 Å². The van der Waals surface area contributed by atoms with Crippen LogP contribution in [0.15, 0.2) is 5.38 Å². The van der Waals surface area contributed by atoms with E-state index in [0.717, 1.165) is 30.1 Å². The van der Waals surface area contributed by atoms with Gasteiger partial charge in [0.2, 0.25) is 5.91 Å². The average molecular weight is 354 g/mol. The molecule has 2 rings (SSSR count). The molecule has 6 nitrogen and oxygen atoms in total. The summed E-state index contributed by atoms with van der Waals surface area (Å²) in [5.41, 5.74) is 0.791. The Kier molecular flexibility index (Phi) is 7.17. The molecule has 0 spiro atoms. The molecule has 0 bridgehead atoms. The van der Waals surface area contributed by atoms with Gasteiger partial charge in [-0.15, -0.1) is 11.3 Å².